The van der Waals surface area contributed by atoms with Crippen molar-refractivity contribution >= 4 is 5.91 Å². The summed E-state index contributed by atoms with van der Waals surface area (Å²) in [5, 5.41) is 121. The fourth-order valence-corrected chi connectivity index (χ4v) is 11.6. The molecule has 0 radical (unpaired) electrons. The summed E-state index contributed by atoms with van der Waals surface area (Å²) in [7, 11) is 0. The zero-order valence-corrected chi connectivity index (χ0v) is 55.1. The fraction of sp³-hybridized carbons (Fsp3) is 0.817. The standard InChI is InChI=1S/C71H125NO18/c1-3-5-7-9-11-13-15-17-19-21-22-23-24-25-26-27-28-29-30-31-32-33-35-37-39-41-43-45-47-49-59(77)72-54(55(76)48-46-44-42-40-38-36-34-20-18-16-14-12-10-8-6-4-2)53-85-69-65(83)62(80)67(57(51-74)87-69)90-71-66(84)63(81)68(58(52-75)88-71)89-70-64(82)61(79)60(78)56(50-73)86-70/h5,7,11,13,17,19,22-23,25-26,46,48,54-58,60-71,73-76,78-84H,3-4,6,8-10,12,14-16,18,20-21,24,27-45,47,49-53H2,1-2H3,(H,72,77)/b7-5-,13-11-,19-17-,23-22-,26-25-,48-46+. The molecule has 1 amide bonds. The van der Waals surface area contributed by atoms with Gasteiger partial charge in [-0.3, -0.25) is 4.79 Å². The zero-order valence-electron chi connectivity index (χ0n) is 55.1. The van der Waals surface area contributed by atoms with E-state index in [0.717, 1.165) is 83.5 Å². The summed E-state index contributed by atoms with van der Waals surface area (Å²) in [4.78, 5) is 13.4. The molecule has 19 nitrogen and oxygen atoms in total. The largest absolute Gasteiger partial charge is 0.394 e. The van der Waals surface area contributed by atoms with Crippen LogP contribution in [0.1, 0.15) is 239 Å². The minimum atomic E-state index is -1.98. The van der Waals surface area contributed by atoms with Gasteiger partial charge >= 0.3 is 0 Å². The van der Waals surface area contributed by atoms with Crippen LogP contribution in [0.5, 0.6) is 0 Å². The first-order valence-corrected chi connectivity index (χ1v) is 35.2. The first kappa shape index (κ1) is 81.5. The Morgan fingerprint density at radius 2 is 0.767 bits per heavy atom. The molecule has 3 aliphatic heterocycles. The molecule has 3 rings (SSSR count). The minimum Gasteiger partial charge on any atom is -0.394 e. The molecule has 17 atom stereocenters. The van der Waals surface area contributed by atoms with Crippen LogP contribution in [0.2, 0.25) is 0 Å². The van der Waals surface area contributed by atoms with Crippen LogP contribution in [0, 0.1) is 0 Å². The van der Waals surface area contributed by atoms with Crippen LogP contribution in [0.3, 0.4) is 0 Å². The SMILES string of the molecule is CC/C=C\C/C=C\C/C=C\C/C=C\C/C=C\CCCCCCCCCCCCCCCC(=O)NC(COC1OC(CO)C(OC2OC(CO)C(OC3OC(CO)C(O)C(O)C3O)C(O)C2O)C(O)C1O)C(O)/C=C/CCCCCCCCCCCCCCCC. The Kier molecular flexibility index (Phi) is 47.5. The molecular weight excluding hydrogens is 1150 g/mol. The van der Waals surface area contributed by atoms with Gasteiger partial charge in [0.15, 0.2) is 18.9 Å². The fourth-order valence-electron chi connectivity index (χ4n) is 11.6. The smallest absolute Gasteiger partial charge is 0.220 e. The number of hydrogen-bond acceptors (Lipinski definition) is 18. The van der Waals surface area contributed by atoms with Crippen LogP contribution < -0.4 is 5.32 Å². The first-order valence-electron chi connectivity index (χ1n) is 35.2. The highest BCUT2D eigenvalue weighted by Crippen LogP contribution is 2.33. The molecule has 90 heavy (non-hydrogen) atoms. The molecular formula is C71H125NO18. The second-order valence-corrected chi connectivity index (χ2v) is 25.0. The number of hydrogen-bond donors (Lipinski definition) is 12. The predicted octanol–water partition coefficient (Wildman–Crippen LogP) is 9.33. The average molecular weight is 1280 g/mol. The summed E-state index contributed by atoms with van der Waals surface area (Å²) in [5.74, 6) is -0.278. The van der Waals surface area contributed by atoms with E-state index in [2.05, 4.69) is 79.9 Å². The number of rotatable bonds is 53. The number of aliphatic hydroxyl groups excluding tert-OH is 11. The van der Waals surface area contributed by atoms with Gasteiger partial charge in [-0.1, -0.05) is 241 Å². The molecule has 3 saturated heterocycles. The molecule has 0 aromatic rings. The van der Waals surface area contributed by atoms with E-state index in [-0.39, 0.29) is 18.9 Å². The minimum absolute atomic E-state index is 0.239. The number of carbonyl (C=O) groups is 1. The number of allylic oxidation sites excluding steroid dienone is 11. The molecule has 17 unspecified atom stereocenters. The highest BCUT2D eigenvalue weighted by molar-refractivity contribution is 5.76. The van der Waals surface area contributed by atoms with Crippen LogP contribution in [0.25, 0.3) is 0 Å². The number of nitrogens with one attached hydrogen (secondary N) is 1. The van der Waals surface area contributed by atoms with Crippen molar-refractivity contribution in [1.82, 2.24) is 5.32 Å². The Bertz CT molecular complexity index is 1920. The maximum absolute atomic E-state index is 13.4. The number of carbonyl (C=O) groups excluding carboxylic acids is 1. The van der Waals surface area contributed by atoms with E-state index < -0.39 is 124 Å². The number of aliphatic hydroxyl groups is 11. The van der Waals surface area contributed by atoms with Crippen LogP contribution in [-0.2, 0) is 33.2 Å². The molecule has 3 heterocycles. The zero-order chi connectivity index (χ0) is 65.4. The molecule has 0 saturated carbocycles. The van der Waals surface area contributed by atoms with E-state index >= 15 is 0 Å². The Hall–Kier alpha value is -2.77. The highest BCUT2D eigenvalue weighted by Gasteiger charge is 2.53. The van der Waals surface area contributed by atoms with E-state index in [1.807, 2.05) is 6.08 Å². The van der Waals surface area contributed by atoms with E-state index in [1.165, 1.54) is 128 Å². The third-order valence-corrected chi connectivity index (χ3v) is 17.3. The summed E-state index contributed by atoms with van der Waals surface area (Å²) in [6.45, 7) is 1.62. The van der Waals surface area contributed by atoms with E-state index in [1.54, 1.807) is 6.08 Å². The molecule has 0 aliphatic carbocycles. The lowest BCUT2D eigenvalue weighted by Gasteiger charge is -2.48. The van der Waals surface area contributed by atoms with E-state index in [4.69, 9.17) is 28.4 Å². The molecule has 3 aliphatic rings. The first-order chi connectivity index (χ1) is 43.8. The highest BCUT2D eigenvalue weighted by atomic mass is 16.8. The van der Waals surface area contributed by atoms with Crippen molar-refractivity contribution in [3.05, 3.63) is 72.9 Å². The third kappa shape index (κ3) is 34.1. The number of ether oxygens (including phenoxy) is 6. The lowest BCUT2D eigenvalue weighted by Crippen LogP contribution is -2.66. The maximum Gasteiger partial charge on any atom is 0.220 e. The van der Waals surface area contributed by atoms with Crippen LogP contribution in [0.15, 0.2) is 72.9 Å². The predicted molar refractivity (Wildman–Crippen MR) is 351 cm³/mol. The van der Waals surface area contributed by atoms with Crippen LogP contribution >= 0.6 is 0 Å². The van der Waals surface area contributed by atoms with Crippen LogP contribution in [-0.4, -0.2) is 193 Å². The Morgan fingerprint density at radius 1 is 0.411 bits per heavy atom. The Labute approximate surface area is 540 Å². The monoisotopic (exact) mass is 1280 g/mol. The molecule has 0 spiro atoms. The van der Waals surface area contributed by atoms with E-state index in [0.29, 0.717) is 6.42 Å². The lowest BCUT2D eigenvalue weighted by molar-refractivity contribution is -0.379. The van der Waals surface area contributed by atoms with Crippen molar-refractivity contribution in [2.45, 2.75) is 343 Å². The van der Waals surface area contributed by atoms with Crippen molar-refractivity contribution in [1.29, 1.82) is 0 Å². The number of unbranched alkanes of at least 4 members (excludes halogenated alkanes) is 27. The van der Waals surface area contributed by atoms with Gasteiger partial charge in [-0.05, 0) is 64.2 Å². The summed E-state index contributed by atoms with van der Waals surface area (Å²) in [6, 6.07) is -0.977. The van der Waals surface area contributed by atoms with Gasteiger partial charge in [0.05, 0.1) is 38.6 Å². The van der Waals surface area contributed by atoms with Gasteiger partial charge in [0, 0.05) is 6.42 Å². The Morgan fingerprint density at radius 3 is 1.20 bits per heavy atom. The molecule has 19 heteroatoms. The quantitative estimate of drug-likeness (QED) is 0.0199. The van der Waals surface area contributed by atoms with Gasteiger partial charge in [0.25, 0.3) is 0 Å². The summed E-state index contributed by atoms with van der Waals surface area (Å²) >= 11 is 0. The van der Waals surface area contributed by atoms with Crippen molar-refractivity contribution in [3.8, 4) is 0 Å². The summed E-state index contributed by atoms with van der Waals surface area (Å²) in [5.41, 5.74) is 0. The second kappa shape index (κ2) is 52.5. The second-order valence-electron chi connectivity index (χ2n) is 25.0. The normalized spacial score (nSPS) is 28.5. The average Bonchev–Trinajstić information content (AvgIpc) is 1.05. The summed E-state index contributed by atoms with van der Waals surface area (Å²) in [6.07, 6.45) is 38.7. The third-order valence-electron chi connectivity index (χ3n) is 17.3. The van der Waals surface area contributed by atoms with Gasteiger partial charge < -0.3 is 89.9 Å². The van der Waals surface area contributed by atoms with Crippen molar-refractivity contribution in [2.75, 3.05) is 26.4 Å². The van der Waals surface area contributed by atoms with Crippen LogP contribution in [0.4, 0.5) is 0 Å². The van der Waals surface area contributed by atoms with Gasteiger partial charge in [0.1, 0.15) is 73.2 Å². The van der Waals surface area contributed by atoms with Gasteiger partial charge in [-0.25, -0.2) is 0 Å². The topological polar surface area (TPSA) is 307 Å². The van der Waals surface area contributed by atoms with Gasteiger partial charge in [-0.15, -0.1) is 0 Å². The molecule has 0 bridgehead atoms. The number of amides is 1. The van der Waals surface area contributed by atoms with Gasteiger partial charge in [0.2, 0.25) is 5.91 Å². The molecule has 0 aromatic heterocycles. The van der Waals surface area contributed by atoms with Crippen molar-refractivity contribution in [2.24, 2.45) is 0 Å². The Balaban J connectivity index is 1.41. The van der Waals surface area contributed by atoms with Gasteiger partial charge in [-0.2, -0.15) is 0 Å². The maximum atomic E-state index is 13.4. The lowest BCUT2D eigenvalue weighted by atomic mass is 9.96. The van der Waals surface area contributed by atoms with Crippen molar-refractivity contribution in [3.63, 3.8) is 0 Å². The molecule has 0 aromatic carbocycles. The summed E-state index contributed by atoms with van der Waals surface area (Å²) < 4.78 is 34.3. The van der Waals surface area contributed by atoms with Crippen molar-refractivity contribution < 1.29 is 89.4 Å². The molecule has 522 valence electrons. The molecule has 12 N–H and O–H groups in total. The molecule has 3 fully saturated rings. The van der Waals surface area contributed by atoms with E-state index in [9.17, 15) is 61.0 Å².